The maximum atomic E-state index is 11.7. The summed E-state index contributed by atoms with van der Waals surface area (Å²) in [5, 5.41) is 8.89. The van der Waals surface area contributed by atoms with E-state index < -0.39 is 0 Å². The highest BCUT2D eigenvalue weighted by atomic mass is 16.2. The minimum atomic E-state index is 0.0148. The van der Waals surface area contributed by atoms with Crippen molar-refractivity contribution < 1.29 is 9.59 Å². The van der Waals surface area contributed by atoms with Crippen LogP contribution >= 0.6 is 0 Å². The van der Waals surface area contributed by atoms with Crippen molar-refractivity contribution in [2.75, 3.05) is 18.4 Å². The Morgan fingerprint density at radius 2 is 1.86 bits per heavy atom. The molecule has 0 aromatic heterocycles. The predicted molar refractivity (Wildman–Crippen MR) is 87.4 cm³/mol. The van der Waals surface area contributed by atoms with Crippen LogP contribution in [-0.2, 0) is 16.1 Å². The third-order valence-corrected chi connectivity index (χ3v) is 3.62. The van der Waals surface area contributed by atoms with Gasteiger partial charge in [-0.3, -0.25) is 9.59 Å². The van der Waals surface area contributed by atoms with Crippen molar-refractivity contribution >= 4 is 17.5 Å². The second-order valence-corrected chi connectivity index (χ2v) is 5.85. The maximum absolute atomic E-state index is 11.7. The van der Waals surface area contributed by atoms with E-state index in [1.807, 2.05) is 31.2 Å². The summed E-state index contributed by atoms with van der Waals surface area (Å²) in [4.78, 5) is 23.2. The highest BCUT2D eigenvalue weighted by Crippen LogP contribution is 2.27. The molecule has 5 heteroatoms. The topological polar surface area (TPSA) is 70.2 Å². The van der Waals surface area contributed by atoms with Gasteiger partial charge in [-0.1, -0.05) is 19.1 Å². The van der Waals surface area contributed by atoms with E-state index in [2.05, 4.69) is 16.0 Å². The molecule has 0 radical (unpaired) electrons. The van der Waals surface area contributed by atoms with Gasteiger partial charge in [0, 0.05) is 18.7 Å². The molecule has 1 aliphatic rings. The fourth-order valence-electron chi connectivity index (χ4n) is 2.13. The number of carbonyl (C=O) groups is 2. The Kier molecular flexibility index (Phi) is 6.40. The summed E-state index contributed by atoms with van der Waals surface area (Å²) >= 11 is 0. The van der Waals surface area contributed by atoms with E-state index in [9.17, 15) is 9.59 Å². The molecule has 0 saturated heterocycles. The van der Waals surface area contributed by atoms with E-state index in [1.54, 1.807) is 0 Å². The Bertz CT molecular complexity index is 495. The average Bonchev–Trinajstić information content (AvgIpc) is 3.31. The van der Waals surface area contributed by atoms with Gasteiger partial charge in [-0.15, -0.1) is 0 Å². The third-order valence-electron chi connectivity index (χ3n) is 3.62. The van der Waals surface area contributed by atoms with Gasteiger partial charge >= 0.3 is 0 Å². The number of hydrogen-bond donors (Lipinski definition) is 3. The van der Waals surface area contributed by atoms with Gasteiger partial charge in [0.25, 0.3) is 0 Å². The average molecular weight is 303 g/mol. The van der Waals surface area contributed by atoms with Crippen molar-refractivity contribution in [2.24, 2.45) is 5.92 Å². The van der Waals surface area contributed by atoms with Crippen molar-refractivity contribution in [2.45, 2.75) is 39.2 Å². The van der Waals surface area contributed by atoms with E-state index in [4.69, 9.17) is 0 Å². The smallest absolute Gasteiger partial charge is 0.234 e. The Balaban J connectivity index is 1.66. The van der Waals surface area contributed by atoms with Gasteiger partial charge in [0.2, 0.25) is 11.8 Å². The van der Waals surface area contributed by atoms with Crippen molar-refractivity contribution in [3.8, 4) is 0 Å². The van der Waals surface area contributed by atoms with Gasteiger partial charge in [0.05, 0.1) is 6.54 Å². The summed E-state index contributed by atoms with van der Waals surface area (Å²) in [7, 11) is 0. The summed E-state index contributed by atoms with van der Waals surface area (Å²) in [5.74, 6) is 0.828. The van der Waals surface area contributed by atoms with Gasteiger partial charge < -0.3 is 16.0 Å². The largest absolute Gasteiger partial charge is 0.351 e. The lowest BCUT2D eigenvalue weighted by Gasteiger charge is -2.08. The normalized spacial score (nSPS) is 13.7. The van der Waals surface area contributed by atoms with Gasteiger partial charge in [-0.25, -0.2) is 0 Å². The van der Waals surface area contributed by atoms with Gasteiger partial charge in [-0.05, 0) is 49.4 Å². The number of anilines is 1. The Morgan fingerprint density at radius 1 is 1.14 bits per heavy atom. The Hall–Kier alpha value is -1.88. The van der Waals surface area contributed by atoms with Crippen LogP contribution in [0.3, 0.4) is 0 Å². The van der Waals surface area contributed by atoms with Crippen LogP contribution in [0.2, 0.25) is 0 Å². The van der Waals surface area contributed by atoms with E-state index in [0.29, 0.717) is 19.5 Å². The molecule has 120 valence electrons. The molecule has 0 unspecified atom stereocenters. The summed E-state index contributed by atoms with van der Waals surface area (Å²) in [5.41, 5.74) is 1.81. The molecule has 1 fully saturated rings. The van der Waals surface area contributed by atoms with Crippen LogP contribution in [0.5, 0.6) is 0 Å². The summed E-state index contributed by atoms with van der Waals surface area (Å²) in [6.07, 6.45) is 3.95. The number of hydrogen-bond acceptors (Lipinski definition) is 3. The first-order valence-electron chi connectivity index (χ1n) is 8.03. The molecular formula is C17H25N3O2. The first-order valence-corrected chi connectivity index (χ1v) is 8.03. The third kappa shape index (κ3) is 6.26. The fraction of sp³-hybridized carbons (Fsp3) is 0.529. The summed E-state index contributed by atoms with van der Waals surface area (Å²) < 4.78 is 0. The van der Waals surface area contributed by atoms with Crippen LogP contribution < -0.4 is 16.0 Å². The monoisotopic (exact) mass is 303 g/mol. The standard InChI is InChI=1S/C17H25N3O2/c1-2-3-16(21)20-15-8-6-14(7-9-15)11-19-17(22)12-18-10-13-4-5-13/h6-9,13,18H,2-5,10-12H2,1H3,(H,19,22)(H,20,21). The molecule has 2 amide bonds. The van der Waals surface area contributed by atoms with E-state index >= 15 is 0 Å². The minimum Gasteiger partial charge on any atom is -0.351 e. The molecule has 0 aliphatic heterocycles. The molecule has 2 rings (SSSR count). The zero-order valence-corrected chi connectivity index (χ0v) is 13.2. The minimum absolute atomic E-state index is 0.0148. The van der Waals surface area contributed by atoms with Crippen molar-refractivity contribution in [1.29, 1.82) is 0 Å². The van der Waals surface area contributed by atoms with E-state index in [-0.39, 0.29) is 11.8 Å². The van der Waals surface area contributed by atoms with Gasteiger partial charge in [0.15, 0.2) is 0 Å². The zero-order valence-electron chi connectivity index (χ0n) is 13.2. The molecule has 1 aromatic carbocycles. The quantitative estimate of drug-likeness (QED) is 0.654. The van der Waals surface area contributed by atoms with E-state index in [1.165, 1.54) is 12.8 Å². The second-order valence-electron chi connectivity index (χ2n) is 5.85. The lowest BCUT2D eigenvalue weighted by atomic mass is 10.2. The zero-order chi connectivity index (χ0) is 15.8. The number of carbonyl (C=O) groups excluding carboxylic acids is 2. The van der Waals surface area contributed by atoms with Crippen LogP contribution in [0.4, 0.5) is 5.69 Å². The Labute approximate surface area is 131 Å². The molecule has 1 saturated carbocycles. The van der Waals surface area contributed by atoms with Crippen LogP contribution in [-0.4, -0.2) is 24.9 Å². The molecule has 22 heavy (non-hydrogen) atoms. The molecule has 5 nitrogen and oxygen atoms in total. The predicted octanol–water partition coefficient (Wildman–Crippen LogP) is 2.04. The molecule has 0 spiro atoms. The van der Waals surface area contributed by atoms with Gasteiger partial charge in [-0.2, -0.15) is 0 Å². The number of rotatable bonds is 9. The highest BCUT2D eigenvalue weighted by molar-refractivity contribution is 5.90. The molecule has 1 aromatic rings. The SMILES string of the molecule is CCCC(=O)Nc1ccc(CNC(=O)CNCC2CC2)cc1. The molecule has 3 N–H and O–H groups in total. The molecule has 0 atom stereocenters. The maximum Gasteiger partial charge on any atom is 0.234 e. The van der Waals surface area contributed by atoms with Crippen LogP contribution in [0.1, 0.15) is 38.2 Å². The summed E-state index contributed by atoms with van der Waals surface area (Å²) in [6, 6.07) is 7.56. The molecule has 1 aliphatic carbocycles. The van der Waals surface area contributed by atoms with Gasteiger partial charge in [0.1, 0.15) is 0 Å². The number of nitrogens with one attached hydrogen (secondary N) is 3. The summed E-state index contributed by atoms with van der Waals surface area (Å²) in [6.45, 7) is 3.80. The lowest BCUT2D eigenvalue weighted by molar-refractivity contribution is -0.120. The first kappa shape index (κ1) is 16.5. The lowest BCUT2D eigenvalue weighted by Crippen LogP contribution is -2.34. The fourth-order valence-corrected chi connectivity index (χ4v) is 2.13. The van der Waals surface area contributed by atoms with Crippen LogP contribution in [0.25, 0.3) is 0 Å². The Morgan fingerprint density at radius 3 is 2.50 bits per heavy atom. The highest BCUT2D eigenvalue weighted by Gasteiger charge is 2.20. The van der Waals surface area contributed by atoms with Crippen LogP contribution in [0.15, 0.2) is 24.3 Å². The van der Waals surface area contributed by atoms with Crippen molar-refractivity contribution in [1.82, 2.24) is 10.6 Å². The number of benzene rings is 1. The molecule has 0 heterocycles. The van der Waals surface area contributed by atoms with Crippen molar-refractivity contribution in [3.63, 3.8) is 0 Å². The van der Waals surface area contributed by atoms with E-state index in [0.717, 1.165) is 30.1 Å². The molecular weight excluding hydrogens is 278 g/mol. The van der Waals surface area contributed by atoms with Crippen molar-refractivity contribution in [3.05, 3.63) is 29.8 Å². The van der Waals surface area contributed by atoms with Crippen LogP contribution in [0, 0.1) is 5.92 Å². The first-order chi connectivity index (χ1) is 10.7. The second kappa shape index (κ2) is 8.54. The number of amides is 2. The molecule has 0 bridgehead atoms.